The van der Waals surface area contributed by atoms with Crippen molar-refractivity contribution in [1.29, 1.82) is 0 Å². The van der Waals surface area contributed by atoms with Crippen LogP contribution in [-0.4, -0.2) is 68.4 Å². The first-order valence-corrected chi connectivity index (χ1v) is 10.7. The minimum atomic E-state index is -0.648. The molecule has 0 radical (unpaired) electrons. The number of carbonyl (C=O) groups is 1. The maximum absolute atomic E-state index is 14.5. The van der Waals surface area contributed by atoms with Crippen LogP contribution < -0.4 is 15.8 Å². The summed E-state index contributed by atoms with van der Waals surface area (Å²) < 4.78 is 16.4. The second-order valence-corrected chi connectivity index (χ2v) is 8.03. The van der Waals surface area contributed by atoms with Gasteiger partial charge in [0.2, 0.25) is 5.95 Å². The van der Waals surface area contributed by atoms with Crippen LogP contribution in [-0.2, 0) is 6.54 Å². The third-order valence-corrected chi connectivity index (χ3v) is 5.96. The number of imidazole rings is 1. The highest BCUT2D eigenvalue weighted by molar-refractivity contribution is 5.92. The van der Waals surface area contributed by atoms with E-state index in [2.05, 4.69) is 30.2 Å². The molecule has 5 heterocycles. The average Bonchev–Trinajstić information content (AvgIpc) is 3.31. The molecule has 1 fully saturated rings. The van der Waals surface area contributed by atoms with E-state index in [0.717, 1.165) is 11.2 Å². The van der Waals surface area contributed by atoms with Gasteiger partial charge in [-0.3, -0.25) is 18.9 Å². The lowest BCUT2D eigenvalue weighted by Crippen LogP contribution is -2.46. The van der Waals surface area contributed by atoms with Crippen LogP contribution in [0.15, 0.2) is 35.4 Å². The Kier molecular flexibility index (Phi) is 5.25. The maximum Gasteiger partial charge on any atom is 0.269 e. The molecule has 5 rings (SSSR count). The SMILES string of the molecule is CNC(=O)c1ccc(N2CCN(Cc3cc4[nH]c(=O)c(C)nc4n4ccnc34)CC2)c(F)n1. The summed E-state index contributed by atoms with van der Waals surface area (Å²) in [6.07, 6.45) is 3.55. The lowest BCUT2D eigenvalue weighted by atomic mass is 10.2. The Labute approximate surface area is 188 Å². The van der Waals surface area contributed by atoms with Gasteiger partial charge in [0.1, 0.15) is 17.0 Å². The number of aryl methyl sites for hydroxylation is 1. The molecule has 0 saturated carbocycles. The molecule has 170 valence electrons. The van der Waals surface area contributed by atoms with Gasteiger partial charge in [-0.05, 0) is 25.1 Å². The van der Waals surface area contributed by atoms with Crippen LogP contribution in [0.1, 0.15) is 21.7 Å². The van der Waals surface area contributed by atoms with E-state index in [1.807, 2.05) is 21.6 Å². The summed E-state index contributed by atoms with van der Waals surface area (Å²) in [4.78, 5) is 43.5. The van der Waals surface area contributed by atoms with Crippen LogP contribution in [0.5, 0.6) is 0 Å². The zero-order chi connectivity index (χ0) is 23.1. The summed E-state index contributed by atoms with van der Waals surface area (Å²) in [6.45, 7) is 4.98. The molecular weight excluding hydrogens is 427 g/mol. The monoisotopic (exact) mass is 450 g/mol. The predicted octanol–water partition coefficient (Wildman–Crippen LogP) is 1.10. The number of rotatable bonds is 4. The number of H-pyrrole nitrogens is 1. The van der Waals surface area contributed by atoms with Gasteiger partial charge in [-0.1, -0.05) is 0 Å². The van der Waals surface area contributed by atoms with Crippen molar-refractivity contribution in [3.63, 3.8) is 0 Å². The number of hydrogen-bond acceptors (Lipinski definition) is 7. The first-order valence-electron chi connectivity index (χ1n) is 10.7. The summed E-state index contributed by atoms with van der Waals surface area (Å²) in [6, 6.07) is 5.06. The van der Waals surface area contributed by atoms with E-state index in [1.54, 1.807) is 19.2 Å². The van der Waals surface area contributed by atoms with Crippen LogP contribution in [0.4, 0.5) is 10.1 Å². The van der Waals surface area contributed by atoms with E-state index in [0.29, 0.717) is 55.3 Å². The van der Waals surface area contributed by atoms with Gasteiger partial charge < -0.3 is 15.2 Å². The van der Waals surface area contributed by atoms with E-state index in [-0.39, 0.29) is 11.3 Å². The molecule has 0 aromatic carbocycles. The van der Waals surface area contributed by atoms with Gasteiger partial charge in [0, 0.05) is 57.7 Å². The highest BCUT2D eigenvalue weighted by Gasteiger charge is 2.22. The summed E-state index contributed by atoms with van der Waals surface area (Å²) in [7, 11) is 1.48. The second-order valence-electron chi connectivity index (χ2n) is 8.03. The smallest absolute Gasteiger partial charge is 0.269 e. The number of amides is 1. The number of fused-ring (bicyclic) bond motifs is 3. The molecule has 0 aliphatic carbocycles. The lowest BCUT2D eigenvalue weighted by Gasteiger charge is -2.36. The van der Waals surface area contributed by atoms with Crippen LogP contribution in [0.3, 0.4) is 0 Å². The van der Waals surface area contributed by atoms with Crippen molar-refractivity contribution < 1.29 is 9.18 Å². The summed E-state index contributed by atoms with van der Waals surface area (Å²) >= 11 is 0. The second kappa shape index (κ2) is 8.24. The Morgan fingerprint density at radius 1 is 1.18 bits per heavy atom. The number of nitrogens with zero attached hydrogens (tertiary/aromatic N) is 6. The van der Waals surface area contributed by atoms with Gasteiger partial charge in [-0.15, -0.1) is 0 Å². The fourth-order valence-corrected chi connectivity index (χ4v) is 4.19. The molecule has 11 heteroatoms. The lowest BCUT2D eigenvalue weighted by molar-refractivity contribution is 0.0957. The van der Waals surface area contributed by atoms with Gasteiger partial charge in [0.05, 0.1) is 11.2 Å². The molecule has 33 heavy (non-hydrogen) atoms. The van der Waals surface area contributed by atoms with Crippen molar-refractivity contribution in [2.45, 2.75) is 13.5 Å². The number of aromatic nitrogens is 5. The molecular formula is C22H23FN8O2. The number of pyridine rings is 2. The van der Waals surface area contributed by atoms with E-state index in [4.69, 9.17) is 0 Å². The van der Waals surface area contributed by atoms with Crippen molar-refractivity contribution in [2.75, 3.05) is 38.1 Å². The number of carbonyl (C=O) groups excluding carboxylic acids is 1. The Bertz CT molecular complexity index is 1420. The van der Waals surface area contributed by atoms with E-state index >= 15 is 0 Å². The molecule has 10 nitrogen and oxygen atoms in total. The van der Waals surface area contributed by atoms with Crippen molar-refractivity contribution in [1.82, 2.24) is 34.6 Å². The van der Waals surface area contributed by atoms with Crippen LogP contribution >= 0.6 is 0 Å². The molecule has 1 aliphatic heterocycles. The van der Waals surface area contributed by atoms with Gasteiger partial charge in [-0.25, -0.2) is 15.0 Å². The zero-order valence-electron chi connectivity index (χ0n) is 18.3. The highest BCUT2D eigenvalue weighted by atomic mass is 19.1. The molecule has 0 spiro atoms. The topological polar surface area (TPSA) is 112 Å². The van der Waals surface area contributed by atoms with Crippen molar-refractivity contribution in [2.24, 2.45) is 0 Å². The summed E-state index contributed by atoms with van der Waals surface area (Å²) in [5.41, 5.74) is 3.74. The minimum Gasteiger partial charge on any atom is -0.365 e. The zero-order valence-corrected chi connectivity index (χ0v) is 18.3. The Balaban J connectivity index is 1.34. The van der Waals surface area contributed by atoms with Gasteiger partial charge in [0.15, 0.2) is 5.65 Å². The van der Waals surface area contributed by atoms with Crippen LogP contribution in [0, 0.1) is 12.9 Å². The number of aromatic amines is 1. The summed E-state index contributed by atoms with van der Waals surface area (Å²) in [5, 5.41) is 2.45. The predicted molar refractivity (Wildman–Crippen MR) is 121 cm³/mol. The highest BCUT2D eigenvalue weighted by Crippen LogP contribution is 2.22. The van der Waals surface area contributed by atoms with E-state index < -0.39 is 11.9 Å². The molecule has 1 amide bonds. The average molecular weight is 450 g/mol. The van der Waals surface area contributed by atoms with Gasteiger partial charge >= 0.3 is 0 Å². The van der Waals surface area contributed by atoms with Crippen LogP contribution in [0.25, 0.3) is 16.8 Å². The standard InChI is InChI=1S/C22H23FN8O2/c1-13-21(32)28-16-11-14(19-25-5-6-31(19)20(16)26-13)12-29-7-9-30(10-8-29)17-4-3-15(22(33)24-2)27-18(17)23/h3-6,11H,7-10,12H2,1-2H3,(H,24,33)(H,28,32). The third-order valence-electron chi connectivity index (χ3n) is 5.96. The molecule has 1 saturated heterocycles. The number of anilines is 1. The van der Waals surface area contributed by atoms with Crippen molar-refractivity contribution in [3.8, 4) is 0 Å². The largest absolute Gasteiger partial charge is 0.365 e. The third kappa shape index (κ3) is 3.80. The minimum absolute atomic E-state index is 0.0557. The summed E-state index contributed by atoms with van der Waals surface area (Å²) in [5.74, 6) is -1.07. The van der Waals surface area contributed by atoms with Gasteiger partial charge in [-0.2, -0.15) is 4.39 Å². The van der Waals surface area contributed by atoms with Gasteiger partial charge in [0.25, 0.3) is 11.5 Å². The molecule has 0 atom stereocenters. The van der Waals surface area contributed by atoms with E-state index in [9.17, 15) is 14.0 Å². The normalized spacial score (nSPS) is 14.8. The fraction of sp³-hybridized carbons (Fsp3) is 0.318. The molecule has 4 aromatic rings. The van der Waals surface area contributed by atoms with Crippen molar-refractivity contribution in [3.05, 3.63) is 63.8 Å². The quantitative estimate of drug-likeness (QED) is 0.448. The number of hydrogen-bond donors (Lipinski definition) is 2. The number of piperazine rings is 1. The number of nitrogens with one attached hydrogen (secondary N) is 2. The Morgan fingerprint density at radius 3 is 2.70 bits per heavy atom. The molecule has 1 aliphatic rings. The van der Waals surface area contributed by atoms with Crippen molar-refractivity contribution >= 4 is 28.4 Å². The molecule has 0 bridgehead atoms. The van der Waals surface area contributed by atoms with E-state index in [1.165, 1.54) is 13.1 Å². The molecule has 2 N–H and O–H groups in total. The Morgan fingerprint density at radius 2 is 1.97 bits per heavy atom. The number of halogens is 1. The first kappa shape index (κ1) is 21.0. The fourth-order valence-electron chi connectivity index (χ4n) is 4.19. The molecule has 4 aromatic heterocycles. The molecule has 0 unspecified atom stereocenters. The maximum atomic E-state index is 14.5. The van der Waals surface area contributed by atoms with Crippen LogP contribution in [0.2, 0.25) is 0 Å². The Hall–Kier alpha value is -3.86. The first-order chi connectivity index (χ1) is 15.9.